The van der Waals surface area contributed by atoms with E-state index in [1.54, 1.807) is 0 Å². The first kappa shape index (κ1) is 13.9. The highest BCUT2D eigenvalue weighted by Crippen LogP contribution is 2.43. The molecule has 10 nitrogen and oxygen atoms in total. The number of aromatic nitrogens is 4. The minimum Gasteiger partial charge on any atom is -0.394 e. The third-order valence-corrected chi connectivity index (χ3v) is 3.73. The zero-order chi connectivity index (χ0) is 15.4. The molecule has 0 bridgehead atoms. The molecule has 3 rings (SSSR count). The minimum atomic E-state index is -1.67. The largest absolute Gasteiger partial charge is 0.394 e. The maximum atomic E-state index is 10.5. The molecule has 3 heterocycles. The van der Waals surface area contributed by atoms with Gasteiger partial charge in [0.05, 0.1) is 6.61 Å². The molecule has 0 radical (unpaired) electrons. The highest BCUT2D eigenvalue weighted by Gasteiger charge is 2.54. The molecule has 4 atom stereocenters. The van der Waals surface area contributed by atoms with Crippen LogP contribution in [0, 0.1) is 0 Å². The summed E-state index contributed by atoms with van der Waals surface area (Å²) in [5.74, 6) is 0.179. The summed E-state index contributed by atoms with van der Waals surface area (Å²) in [5.41, 5.74) is 10.4. The molecule has 1 saturated heterocycles. The van der Waals surface area contributed by atoms with Gasteiger partial charge in [-0.15, -0.1) is 0 Å². The molecule has 1 fully saturated rings. The maximum Gasteiger partial charge on any atom is 0.198 e. The van der Waals surface area contributed by atoms with Crippen LogP contribution in [0.3, 0.4) is 0 Å². The number of nitrogen functional groups attached to an aromatic ring is 2. The number of fused-ring (bicyclic) bond motifs is 1. The van der Waals surface area contributed by atoms with Crippen LogP contribution in [-0.4, -0.2) is 59.3 Å². The van der Waals surface area contributed by atoms with Gasteiger partial charge in [0.2, 0.25) is 0 Å². The third-order valence-electron chi connectivity index (χ3n) is 3.73. The average Bonchev–Trinajstić information content (AvgIpc) is 2.87. The summed E-state index contributed by atoms with van der Waals surface area (Å²) >= 11 is 0. The Morgan fingerprint density at radius 1 is 1.43 bits per heavy atom. The Labute approximate surface area is 119 Å². The van der Waals surface area contributed by atoms with Crippen molar-refractivity contribution in [2.45, 2.75) is 30.8 Å². The number of anilines is 2. The SMILES string of the molecule is C[C@@]1(O)[C@H](O)[C@@H](CO)O[C@H]1c1c(N)nc2c(N)ncnn12. The fourth-order valence-electron chi connectivity index (χ4n) is 2.57. The summed E-state index contributed by atoms with van der Waals surface area (Å²) in [6.07, 6.45) is -2.02. The molecule has 1 aliphatic heterocycles. The van der Waals surface area contributed by atoms with Crippen molar-refractivity contribution in [1.29, 1.82) is 0 Å². The van der Waals surface area contributed by atoms with Gasteiger partial charge in [0, 0.05) is 0 Å². The monoisotopic (exact) mass is 296 g/mol. The molecule has 0 saturated carbocycles. The molecule has 7 N–H and O–H groups in total. The Morgan fingerprint density at radius 3 is 2.76 bits per heavy atom. The Kier molecular flexibility index (Phi) is 2.99. The van der Waals surface area contributed by atoms with Crippen molar-refractivity contribution in [3.8, 4) is 0 Å². The summed E-state index contributed by atoms with van der Waals surface area (Å²) < 4.78 is 6.83. The van der Waals surface area contributed by atoms with Gasteiger partial charge in [-0.2, -0.15) is 5.10 Å². The van der Waals surface area contributed by atoms with Gasteiger partial charge in [0.15, 0.2) is 17.3 Å². The van der Waals surface area contributed by atoms with Gasteiger partial charge in [-0.3, -0.25) is 0 Å². The molecule has 0 aromatic carbocycles. The van der Waals surface area contributed by atoms with Crippen LogP contribution in [0.5, 0.6) is 0 Å². The van der Waals surface area contributed by atoms with Crippen molar-refractivity contribution in [2.75, 3.05) is 18.1 Å². The first-order valence-corrected chi connectivity index (χ1v) is 6.29. The second-order valence-electron chi connectivity index (χ2n) is 5.17. The molecular formula is C11H16N6O4. The summed E-state index contributed by atoms with van der Waals surface area (Å²) in [6.45, 7) is 0.947. The lowest BCUT2D eigenvalue weighted by Gasteiger charge is -2.26. The van der Waals surface area contributed by atoms with E-state index in [1.165, 1.54) is 17.8 Å². The number of hydrogen-bond acceptors (Lipinski definition) is 9. The summed E-state index contributed by atoms with van der Waals surface area (Å²) in [7, 11) is 0. The van der Waals surface area contributed by atoms with Crippen LogP contribution in [0.1, 0.15) is 18.7 Å². The van der Waals surface area contributed by atoms with Crippen LogP contribution in [-0.2, 0) is 4.74 Å². The molecule has 2 aromatic rings. The molecule has 10 heteroatoms. The Balaban J connectivity index is 2.17. The molecule has 0 spiro atoms. The molecule has 0 aliphatic carbocycles. The molecule has 114 valence electrons. The zero-order valence-electron chi connectivity index (χ0n) is 11.2. The maximum absolute atomic E-state index is 10.5. The highest BCUT2D eigenvalue weighted by atomic mass is 16.6. The van der Waals surface area contributed by atoms with Gasteiger partial charge < -0.3 is 31.5 Å². The lowest BCUT2D eigenvalue weighted by molar-refractivity contribution is -0.0662. The normalized spacial score (nSPS) is 32.9. The molecule has 2 aromatic heterocycles. The molecule has 1 aliphatic rings. The van der Waals surface area contributed by atoms with Gasteiger partial charge in [-0.1, -0.05) is 0 Å². The topological polar surface area (TPSA) is 165 Å². The number of aliphatic hydroxyl groups is 3. The number of ether oxygens (including phenoxy) is 1. The summed E-state index contributed by atoms with van der Waals surface area (Å²) in [4.78, 5) is 7.86. The van der Waals surface area contributed by atoms with E-state index in [1.807, 2.05) is 0 Å². The number of hydrogen-bond donors (Lipinski definition) is 5. The van der Waals surface area contributed by atoms with Crippen LogP contribution in [0.4, 0.5) is 11.6 Å². The number of aliphatic hydroxyl groups excluding tert-OH is 2. The van der Waals surface area contributed by atoms with E-state index >= 15 is 0 Å². The van der Waals surface area contributed by atoms with Gasteiger partial charge in [-0.25, -0.2) is 14.5 Å². The van der Waals surface area contributed by atoms with Crippen LogP contribution in [0.15, 0.2) is 6.33 Å². The van der Waals surface area contributed by atoms with E-state index < -0.39 is 30.5 Å². The van der Waals surface area contributed by atoms with Crippen LogP contribution in [0.25, 0.3) is 5.65 Å². The predicted octanol–water partition coefficient (Wildman–Crippen LogP) is -2.17. The van der Waals surface area contributed by atoms with Crippen LogP contribution >= 0.6 is 0 Å². The first-order chi connectivity index (χ1) is 9.87. The molecule has 21 heavy (non-hydrogen) atoms. The second-order valence-corrected chi connectivity index (χ2v) is 5.17. The molecular weight excluding hydrogens is 280 g/mol. The number of nitrogens with zero attached hydrogens (tertiary/aromatic N) is 4. The van der Waals surface area contributed by atoms with E-state index in [0.717, 1.165) is 0 Å². The highest BCUT2D eigenvalue weighted by molar-refractivity contribution is 5.64. The van der Waals surface area contributed by atoms with Gasteiger partial charge in [0.1, 0.15) is 35.9 Å². The van der Waals surface area contributed by atoms with Crippen molar-refractivity contribution in [3.05, 3.63) is 12.0 Å². The van der Waals surface area contributed by atoms with Crippen molar-refractivity contribution in [3.63, 3.8) is 0 Å². The number of rotatable bonds is 2. The van der Waals surface area contributed by atoms with E-state index in [2.05, 4.69) is 15.1 Å². The Hall–Kier alpha value is -2.01. The van der Waals surface area contributed by atoms with E-state index in [0.29, 0.717) is 0 Å². The second kappa shape index (κ2) is 4.49. The molecule has 0 amide bonds. The summed E-state index contributed by atoms with van der Waals surface area (Å²) in [6, 6.07) is 0. The van der Waals surface area contributed by atoms with Crippen LogP contribution in [0.2, 0.25) is 0 Å². The lowest BCUT2D eigenvalue weighted by atomic mass is 9.91. The third kappa shape index (κ3) is 1.84. The van der Waals surface area contributed by atoms with Crippen LogP contribution < -0.4 is 11.5 Å². The zero-order valence-corrected chi connectivity index (χ0v) is 11.2. The summed E-state index contributed by atoms with van der Waals surface area (Å²) in [5, 5.41) is 33.7. The lowest BCUT2D eigenvalue weighted by Crippen LogP contribution is -2.43. The van der Waals surface area contributed by atoms with E-state index in [4.69, 9.17) is 16.2 Å². The fraction of sp³-hybridized carbons (Fsp3) is 0.545. The quantitative estimate of drug-likeness (QED) is 0.414. The Morgan fingerprint density at radius 2 is 2.14 bits per heavy atom. The van der Waals surface area contributed by atoms with Crippen molar-refractivity contribution >= 4 is 17.3 Å². The smallest absolute Gasteiger partial charge is 0.198 e. The van der Waals surface area contributed by atoms with E-state index in [9.17, 15) is 15.3 Å². The number of nitrogens with two attached hydrogens (primary N) is 2. The predicted molar refractivity (Wildman–Crippen MR) is 70.9 cm³/mol. The van der Waals surface area contributed by atoms with Gasteiger partial charge in [0.25, 0.3) is 0 Å². The first-order valence-electron chi connectivity index (χ1n) is 6.29. The van der Waals surface area contributed by atoms with E-state index in [-0.39, 0.29) is 23.0 Å². The van der Waals surface area contributed by atoms with Gasteiger partial charge in [-0.05, 0) is 6.92 Å². The Bertz CT molecular complexity index is 687. The van der Waals surface area contributed by atoms with Gasteiger partial charge >= 0.3 is 0 Å². The van der Waals surface area contributed by atoms with Crippen molar-refractivity contribution in [2.24, 2.45) is 0 Å². The van der Waals surface area contributed by atoms with Crippen molar-refractivity contribution in [1.82, 2.24) is 19.6 Å². The standard InChI is InChI=1S/C11H16N6O4/c1-11(20)6(19)4(2-18)21-7(11)5-8(12)16-10-9(13)14-3-15-17(5)10/h3-4,6-7,18-20H,2,12H2,1H3,(H2,13,14,15)/t4-,6-,7+,11-/m1/s1. The molecule has 0 unspecified atom stereocenters. The average molecular weight is 296 g/mol. The minimum absolute atomic E-state index is 0.0539. The number of imidazole rings is 1. The fourth-order valence-corrected chi connectivity index (χ4v) is 2.57. The van der Waals surface area contributed by atoms with Crippen molar-refractivity contribution < 1.29 is 20.1 Å².